The maximum Gasteiger partial charge on any atom is 0.407 e. The first-order chi connectivity index (χ1) is 10.8. The Morgan fingerprint density at radius 1 is 1.39 bits per heavy atom. The van der Waals surface area contributed by atoms with Crippen LogP contribution in [-0.2, 0) is 4.74 Å². The quantitative estimate of drug-likeness (QED) is 0.788. The van der Waals surface area contributed by atoms with Gasteiger partial charge in [0.25, 0.3) is 0 Å². The van der Waals surface area contributed by atoms with E-state index in [0.717, 1.165) is 19.3 Å². The van der Waals surface area contributed by atoms with Crippen molar-refractivity contribution in [1.82, 2.24) is 5.32 Å². The van der Waals surface area contributed by atoms with E-state index in [1.807, 2.05) is 26.8 Å². The van der Waals surface area contributed by atoms with Gasteiger partial charge in [0.1, 0.15) is 11.4 Å². The van der Waals surface area contributed by atoms with Crippen molar-refractivity contribution in [3.05, 3.63) is 28.5 Å². The van der Waals surface area contributed by atoms with Crippen molar-refractivity contribution < 1.29 is 13.9 Å². The Bertz CT molecular complexity index is 540. The Balaban J connectivity index is 1.92. The highest BCUT2D eigenvalue weighted by molar-refractivity contribution is 9.10. The molecular formula is C17H24BrFN2O2. The summed E-state index contributed by atoms with van der Waals surface area (Å²) in [6, 6.07) is 5.06. The minimum Gasteiger partial charge on any atom is -0.444 e. The largest absolute Gasteiger partial charge is 0.444 e. The van der Waals surface area contributed by atoms with Gasteiger partial charge < -0.3 is 15.4 Å². The fourth-order valence-electron chi connectivity index (χ4n) is 2.82. The van der Waals surface area contributed by atoms with E-state index in [4.69, 9.17) is 4.74 Å². The molecule has 2 atom stereocenters. The number of rotatable bonds is 4. The van der Waals surface area contributed by atoms with Crippen LogP contribution in [0.15, 0.2) is 22.7 Å². The summed E-state index contributed by atoms with van der Waals surface area (Å²) < 4.78 is 19.9. The van der Waals surface area contributed by atoms with Gasteiger partial charge in [-0.3, -0.25) is 0 Å². The second kappa shape index (κ2) is 7.51. The topological polar surface area (TPSA) is 50.4 Å². The van der Waals surface area contributed by atoms with Crippen LogP contribution in [0.1, 0.15) is 40.0 Å². The monoisotopic (exact) mass is 386 g/mol. The molecule has 1 fully saturated rings. The number of hydrogen-bond acceptors (Lipinski definition) is 3. The molecule has 0 saturated heterocycles. The van der Waals surface area contributed by atoms with Crippen molar-refractivity contribution in [1.29, 1.82) is 0 Å². The fraction of sp³-hybridized carbons (Fsp3) is 0.588. The smallest absolute Gasteiger partial charge is 0.407 e. The summed E-state index contributed by atoms with van der Waals surface area (Å²) in [7, 11) is 0. The van der Waals surface area contributed by atoms with Gasteiger partial charge in [0.2, 0.25) is 0 Å². The predicted molar refractivity (Wildman–Crippen MR) is 93.1 cm³/mol. The van der Waals surface area contributed by atoms with Crippen molar-refractivity contribution in [2.24, 2.45) is 5.92 Å². The number of para-hydroxylation sites is 1. The van der Waals surface area contributed by atoms with Crippen LogP contribution in [0.3, 0.4) is 0 Å². The molecule has 23 heavy (non-hydrogen) atoms. The normalized spacial score (nSPS) is 21.1. The third-order valence-electron chi connectivity index (χ3n) is 3.86. The summed E-state index contributed by atoms with van der Waals surface area (Å²) in [5.74, 6) is -0.0147. The molecule has 1 saturated carbocycles. The van der Waals surface area contributed by atoms with E-state index < -0.39 is 11.7 Å². The summed E-state index contributed by atoms with van der Waals surface area (Å²) in [5.41, 5.74) is -0.0169. The Morgan fingerprint density at radius 2 is 2.13 bits per heavy atom. The number of alkyl carbamates (subject to hydrolysis) is 1. The first-order valence-corrected chi connectivity index (χ1v) is 8.73. The molecule has 0 radical (unpaired) electrons. The summed E-state index contributed by atoms with van der Waals surface area (Å²) in [4.78, 5) is 11.8. The average Bonchev–Trinajstić information content (AvgIpc) is 2.86. The Hall–Kier alpha value is -1.30. The number of hydrogen-bond donors (Lipinski definition) is 2. The van der Waals surface area contributed by atoms with Gasteiger partial charge in [-0.1, -0.05) is 12.5 Å². The zero-order valence-corrected chi connectivity index (χ0v) is 15.4. The van der Waals surface area contributed by atoms with E-state index >= 15 is 0 Å². The minimum absolute atomic E-state index is 0.137. The maximum absolute atomic E-state index is 13.9. The lowest BCUT2D eigenvalue weighted by atomic mass is 10.0. The van der Waals surface area contributed by atoms with Crippen molar-refractivity contribution in [3.63, 3.8) is 0 Å². The molecule has 128 valence electrons. The van der Waals surface area contributed by atoms with Crippen LogP contribution in [0.25, 0.3) is 0 Å². The number of carbonyl (C=O) groups excluding carboxylic acids is 1. The van der Waals surface area contributed by atoms with Gasteiger partial charge in [0.15, 0.2) is 0 Å². The van der Waals surface area contributed by atoms with Crippen LogP contribution in [0.5, 0.6) is 0 Å². The number of anilines is 1. The molecule has 1 aromatic carbocycles. The van der Waals surface area contributed by atoms with Gasteiger partial charge >= 0.3 is 6.09 Å². The SMILES string of the molecule is CC(C)(C)OC(=O)NCC1CCCC1Nc1c(F)cccc1Br. The molecule has 2 N–H and O–H groups in total. The van der Waals surface area contributed by atoms with E-state index in [-0.39, 0.29) is 17.8 Å². The fourth-order valence-corrected chi connectivity index (χ4v) is 3.28. The third kappa shape index (κ3) is 5.37. The summed E-state index contributed by atoms with van der Waals surface area (Å²) in [6.07, 6.45) is 2.61. The van der Waals surface area contributed by atoms with E-state index in [9.17, 15) is 9.18 Å². The van der Waals surface area contributed by atoms with Gasteiger partial charge in [-0.25, -0.2) is 9.18 Å². The van der Waals surface area contributed by atoms with Crippen molar-refractivity contribution >= 4 is 27.7 Å². The number of carbonyl (C=O) groups is 1. The standard InChI is InChI=1S/C17H24BrFN2O2/c1-17(2,3)23-16(22)20-10-11-6-4-9-14(11)21-15-12(18)7-5-8-13(15)19/h5,7-8,11,14,21H,4,6,9-10H2,1-3H3,(H,20,22). The summed E-state index contributed by atoms with van der Waals surface area (Å²) in [5, 5.41) is 6.11. The molecule has 1 amide bonds. The van der Waals surface area contributed by atoms with Gasteiger partial charge in [-0.2, -0.15) is 0 Å². The lowest BCUT2D eigenvalue weighted by Crippen LogP contribution is -2.38. The van der Waals surface area contributed by atoms with Crippen LogP contribution < -0.4 is 10.6 Å². The Morgan fingerprint density at radius 3 is 2.78 bits per heavy atom. The molecule has 1 aliphatic carbocycles. The molecule has 2 rings (SSSR count). The number of ether oxygens (including phenoxy) is 1. The van der Waals surface area contributed by atoms with Crippen LogP contribution in [0, 0.1) is 11.7 Å². The van der Waals surface area contributed by atoms with E-state index in [2.05, 4.69) is 26.6 Å². The third-order valence-corrected chi connectivity index (χ3v) is 4.52. The molecule has 4 nitrogen and oxygen atoms in total. The van der Waals surface area contributed by atoms with Crippen molar-refractivity contribution in [3.8, 4) is 0 Å². The maximum atomic E-state index is 13.9. The van der Waals surface area contributed by atoms with Gasteiger partial charge in [-0.05, 0) is 67.6 Å². The van der Waals surface area contributed by atoms with Crippen LogP contribution >= 0.6 is 15.9 Å². The molecule has 0 aromatic heterocycles. The predicted octanol–water partition coefficient (Wildman–Crippen LogP) is 4.69. The van der Waals surface area contributed by atoms with E-state index in [0.29, 0.717) is 16.7 Å². The van der Waals surface area contributed by atoms with Crippen molar-refractivity contribution in [2.75, 3.05) is 11.9 Å². The highest BCUT2D eigenvalue weighted by atomic mass is 79.9. The van der Waals surface area contributed by atoms with Crippen LogP contribution in [-0.4, -0.2) is 24.3 Å². The van der Waals surface area contributed by atoms with E-state index in [1.165, 1.54) is 6.07 Å². The molecule has 0 bridgehead atoms. The lowest BCUT2D eigenvalue weighted by molar-refractivity contribution is 0.0519. The number of amides is 1. The molecule has 6 heteroatoms. The van der Waals surface area contributed by atoms with Crippen LogP contribution in [0.4, 0.5) is 14.9 Å². The number of benzene rings is 1. The molecule has 1 aromatic rings. The van der Waals surface area contributed by atoms with Gasteiger partial charge in [0.05, 0.1) is 5.69 Å². The molecule has 0 aliphatic heterocycles. The zero-order chi connectivity index (χ0) is 17.0. The number of halogens is 2. The van der Waals surface area contributed by atoms with Gasteiger partial charge in [-0.15, -0.1) is 0 Å². The molecule has 1 aliphatic rings. The van der Waals surface area contributed by atoms with Crippen LogP contribution in [0.2, 0.25) is 0 Å². The second-order valence-electron chi connectivity index (χ2n) is 6.92. The summed E-state index contributed by atoms with van der Waals surface area (Å²) >= 11 is 3.38. The first kappa shape index (κ1) is 18.0. The Labute approximate surface area is 145 Å². The second-order valence-corrected chi connectivity index (χ2v) is 7.78. The molecule has 0 spiro atoms. The highest BCUT2D eigenvalue weighted by Gasteiger charge is 2.29. The van der Waals surface area contributed by atoms with E-state index in [1.54, 1.807) is 6.07 Å². The van der Waals surface area contributed by atoms with Crippen molar-refractivity contribution in [2.45, 2.75) is 51.7 Å². The lowest BCUT2D eigenvalue weighted by Gasteiger charge is -2.25. The first-order valence-electron chi connectivity index (χ1n) is 7.93. The van der Waals surface area contributed by atoms with Gasteiger partial charge in [0, 0.05) is 17.1 Å². The minimum atomic E-state index is -0.505. The average molecular weight is 387 g/mol. The highest BCUT2D eigenvalue weighted by Crippen LogP contribution is 2.32. The zero-order valence-electron chi connectivity index (χ0n) is 13.8. The molecule has 0 heterocycles. The molecular weight excluding hydrogens is 363 g/mol. The Kier molecular flexibility index (Phi) is 5.89. The molecule has 2 unspecified atom stereocenters. The summed E-state index contributed by atoms with van der Waals surface area (Å²) in [6.45, 7) is 6.03. The number of nitrogens with one attached hydrogen (secondary N) is 2.